The van der Waals surface area contributed by atoms with Crippen molar-refractivity contribution < 1.29 is 9.53 Å². The normalized spacial score (nSPS) is 12.1. The standard InChI is InChI=1S/C21H25N3O2S/c1-14(2)16-6-8-17(9-7-16)26-15(3)21(25)22-11-10-18-20(24-13-23-18)19-5-4-12-27-19/h4-9,12-15H,10-11H2,1-3H3,(H,22,25)(H,23,24). The lowest BCUT2D eigenvalue weighted by molar-refractivity contribution is -0.127. The van der Waals surface area contributed by atoms with Crippen LogP contribution < -0.4 is 10.1 Å². The molecular weight excluding hydrogens is 358 g/mol. The van der Waals surface area contributed by atoms with Crippen molar-refractivity contribution in [2.45, 2.75) is 39.2 Å². The number of aromatic amines is 1. The van der Waals surface area contributed by atoms with Gasteiger partial charge in [0.05, 0.1) is 11.2 Å². The summed E-state index contributed by atoms with van der Waals surface area (Å²) < 4.78 is 5.75. The lowest BCUT2D eigenvalue weighted by Gasteiger charge is -2.15. The molecule has 5 nitrogen and oxygen atoms in total. The van der Waals surface area contributed by atoms with Crippen molar-refractivity contribution >= 4 is 17.2 Å². The molecule has 0 spiro atoms. The Kier molecular flexibility index (Phi) is 6.29. The van der Waals surface area contributed by atoms with E-state index >= 15 is 0 Å². The van der Waals surface area contributed by atoms with Crippen molar-refractivity contribution in [1.82, 2.24) is 15.3 Å². The van der Waals surface area contributed by atoms with Crippen LogP contribution in [0.1, 0.15) is 37.9 Å². The molecule has 1 amide bonds. The summed E-state index contributed by atoms with van der Waals surface area (Å²) >= 11 is 1.65. The lowest BCUT2D eigenvalue weighted by Crippen LogP contribution is -2.37. The number of amides is 1. The maximum atomic E-state index is 12.3. The van der Waals surface area contributed by atoms with Crippen LogP contribution in [0.2, 0.25) is 0 Å². The fourth-order valence-corrected chi connectivity index (χ4v) is 3.53. The Hall–Kier alpha value is -2.60. The number of hydrogen-bond acceptors (Lipinski definition) is 4. The average Bonchev–Trinajstić information content (AvgIpc) is 3.33. The van der Waals surface area contributed by atoms with Gasteiger partial charge in [-0.3, -0.25) is 4.79 Å². The molecule has 27 heavy (non-hydrogen) atoms. The monoisotopic (exact) mass is 383 g/mol. The van der Waals surface area contributed by atoms with Gasteiger partial charge in [0.2, 0.25) is 0 Å². The average molecular weight is 384 g/mol. The summed E-state index contributed by atoms with van der Waals surface area (Å²) in [6, 6.07) is 12.0. The molecule has 6 heteroatoms. The number of ether oxygens (including phenoxy) is 1. The fourth-order valence-electron chi connectivity index (χ4n) is 2.78. The van der Waals surface area contributed by atoms with Crippen LogP contribution in [0.5, 0.6) is 5.75 Å². The van der Waals surface area contributed by atoms with E-state index in [4.69, 9.17) is 4.74 Å². The molecule has 0 radical (unpaired) electrons. The molecule has 3 aromatic rings. The predicted molar refractivity (Wildman–Crippen MR) is 109 cm³/mol. The number of carbonyl (C=O) groups excluding carboxylic acids is 1. The van der Waals surface area contributed by atoms with E-state index in [2.05, 4.69) is 29.1 Å². The molecule has 0 saturated heterocycles. The molecule has 0 aliphatic rings. The molecular formula is C21H25N3O2S. The molecule has 0 bridgehead atoms. The topological polar surface area (TPSA) is 67.0 Å². The van der Waals surface area contributed by atoms with Crippen LogP contribution in [0.3, 0.4) is 0 Å². The maximum absolute atomic E-state index is 12.3. The highest BCUT2D eigenvalue weighted by Crippen LogP contribution is 2.25. The summed E-state index contributed by atoms with van der Waals surface area (Å²) in [7, 11) is 0. The van der Waals surface area contributed by atoms with Gasteiger partial charge in [-0.2, -0.15) is 0 Å². The second kappa shape index (κ2) is 8.86. The molecule has 3 rings (SSSR count). The largest absolute Gasteiger partial charge is 0.481 e. The van der Waals surface area contributed by atoms with Gasteiger partial charge >= 0.3 is 0 Å². The number of nitrogens with zero attached hydrogens (tertiary/aromatic N) is 1. The van der Waals surface area contributed by atoms with Crippen molar-refractivity contribution in [2.24, 2.45) is 0 Å². The van der Waals surface area contributed by atoms with Crippen molar-refractivity contribution in [3.8, 4) is 16.3 Å². The quantitative estimate of drug-likeness (QED) is 0.606. The Bertz CT molecular complexity index is 854. The van der Waals surface area contributed by atoms with Gasteiger partial charge in [-0.25, -0.2) is 4.98 Å². The Morgan fingerprint density at radius 3 is 2.67 bits per heavy atom. The molecule has 2 heterocycles. The third-order valence-electron chi connectivity index (χ3n) is 4.38. The van der Waals surface area contributed by atoms with Crippen LogP contribution >= 0.6 is 11.3 Å². The van der Waals surface area contributed by atoms with Crippen LogP contribution in [0, 0.1) is 0 Å². The van der Waals surface area contributed by atoms with E-state index in [0.29, 0.717) is 24.6 Å². The van der Waals surface area contributed by atoms with Gasteiger partial charge in [-0.15, -0.1) is 11.3 Å². The van der Waals surface area contributed by atoms with Crippen LogP contribution in [0.25, 0.3) is 10.6 Å². The Balaban J connectivity index is 1.49. The number of thiophene rings is 1. The first kappa shape index (κ1) is 19.2. The number of benzene rings is 1. The first-order valence-electron chi connectivity index (χ1n) is 9.15. The first-order valence-corrected chi connectivity index (χ1v) is 10.0. The lowest BCUT2D eigenvalue weighted by atomic mass is 10.0. The number of aromatic nitrogens is 2. The van der Waals surface area contributed by atoms with Crippen molar-refractivity contribution in [3.63, 3.8) is 0 Å². The number of rotatable bonds is 8. The minimum absolute atomic E-state index is 0.125. The van der Waals surface area contributed by atoms with Crippen molar-refractivity contribution in [3.05, 3.63) is 59.4 Å². The maximum Gasteiger partial charge on any atom is 0.260 e. The van der Waals surface area contributed by atoms with E-state index < -0.39 is 6.10 Å². The third kappa shape index (κ3) is 4.98. The van der Waals surface area contributed by atoms with Crippen LogP contribution in [0.15, 0.2) is 48.1 Å². The summed E-state index contributed by atoms with van der Waals surface area (Å²) in [4.78, 5) is 21.0. The number of carbonyl (C=O) groups is 1. The first-order chi connectivity index (χ1) is 13.0. The summed E-state index contributed by atoms with van der Waals surface area (Å²) in [6.45, 7) is 6.59. The molecule has 0 aliphatic heterocycles. The molecule has 2 aromatic heterocycles. The van der Waals surface area contributed by atoms with E-state index in [-0.39, 0.29) is 5.91 Å². The molecule has 0 fully saturated rings. The van der Waals surface area contributed by atoms with Gasteiger partial charge in [0.15, 0.2) is 6.10 Å². The van der Waals surface area contributed by atoms with Gasteiger partial charge < -0.3 is 15.0 Å². The number of H-pyrrole nitrogens is 1. The highest BCUT2D eigenvalue weighted by atomic mass is 32.1. The molecule has 2 N–H and O–H groups in total. The van der Waals surface area contributed by atoms with Crippen LogP contribution in [-0.2, 0) is 11.2 Å². The summed E-state index contributed by atoms with van der Waals surface area (Å²) in [5, 5.41) is 4.96. The zero-order chi connectivity index (χ0) is 19.2. The second-order valence-electron chi connectivity index (χ2n) is 6.73. The van der Waals surface area contributed by atoms with E-state index in [1.807, 2.05) is 41.8 Å². The van der Waals surface area contributed by atoms with Gasteiger partial charge in [0.1, 0.15) is 11.4 Å². The zero-order valence-electron chi connectivity index (χ0n) is 15.9. The third-order valence-corrected chi connectivity index (χ3v) is 5.25. The van der Waals surface area contributed by atoms with Gasteiger partial charge in [0, 0.05) is 18.7 Å². The van der Waals surface area contributed by atoms with Gasteiger partial charge in [0.25, 0.3) is 5.91 Å². The van der Waals surface area contributed by atoms with Gasteiger partial charge in [-0.1, -0.05) is 32.0 Å². The number of nitrogens with one attached hydrogen (secondary N) is 2. The summed E-state index contributed by atoms with van der Waals surface area (Å²) in [6.07, 6.45) is 1.83. The van der Waals surface area contributed by atoms with Crippen LogP contribution in [-0.4, -0.2) is 28.5 Å². The molecule has 1 atom stereocenters. The summed E-state index contributed by atoms with van der Waals surface area (Å²) in [5.41, 5.74) is 3.23. The minimum Gasteiger partial charge on any atom is -0.481 e. The SMILES string of the molecule is CC(Oc1ccc(C(C)C)cc1)C(=O)NCCc1[nH]cnc1-c1cccs1. The molecule has 142 valence electrons. The van der Waals surface area contributed by atoms with E-state index in [9.17, 15) is 4.79 Å². The second-order valence-corrected chi connectivity index (χ2v) is 7.68. The molecule has 0 saturated carbocycles. The van der Waals surface area contributed by atoms with Gasteiger partial charge in [-0.05, 0) is 42.0 Å². The minimum atomic E-state index is -0.548. The Morgan fingerprint density at radius 1 is 1.22 bits per heavy atom. The Labute approximate surface area is 163 Å². The zero-order valence-corrected chi connectivity index (χ0v) is 16.7. The van der Waals surface area contributed by atoms with Crippen molar-refractivity contribution in [2.75, 3.05) is 6.54 Å². The fraction of sp³-hybridized carbons (Fsp3) is 0.333. The summed E-state index contributed by atoms with van der Waals surface area (Å²) in [5.74, 6) is 1.05. The van der Waals surface area contributed by atoms with Crippen LogP contribution in [0.4, 0.5) is 0 Å². The predicted octanol–water partition coefficient (Wildman–Crippen LogP) is 4.39. The molecule has 1 unspecified atom stereocenters. The Morgan fingerprint density at radius 2 is 2.00 bits per heavy atom. The van der Waals surface area contributed by atoms with E-state index in [1.165, 1.54) is 5.56 Å². The smallest absolute Gasteiger partial charge is 0.260 e. The highest BCUT2D eigenvalue weighted by molar-refractivity contribution is 7.13. The number of hydrogen-bond donors (Lipinski definition) is 2. The number of imidazole rings is 1. The van der Waals surface area contributed by atoms with E-state index in [1.54, 1.807) is 24.6 Å². The van der Waals surface area contributed by atoms with E-state index in [0.717, 1.165) is 16.3 Å². The van der Waals surface area contributed by atoms with Crippen molar-refractivity contribution in [1.29, 1.82) is 0 Å². The molecule has 0 aliphatic carbocycles. The highest BCUT2D eigenvalue weighted by Gasteiger charge is 2.15. The molecule has 1 aromatic carbocycles.